The maximum atomic E-state index is 10.5. The largest absolute Gasteiger partial charge is 0.481 e. The highest BCUT2D eigenvalue weighted by molar-refractivity contribution is 5.86. The van der Waals surface area contributed by atoms with Gasteiger partial charge in [0.2, 0.25) is 0 Å². The number of aliphatic carboxylic acids is 1. The van der Waals surface area contributed by atoms with Crippen molar-refractivity contribution in [2.45, 2.75) is 33.6 Å². The van der Waals surface area contributed by atoms with Crippen LogP contribution in [0.4, 0.5) is 0 Å². The van der Waals surface area contributed by atoms with Gasteiger partial charge in [0.15, 0.2) is 0 Å². The fourth-order valence-corrected chi connectivity index (χ4v) is 0.933. The molecule has 0 saturated heterocycles. The van der Waals surface area contributed by atoms with E-state index in [2.05, 4.69) is 0 Å². The lowest BCUT2D eigenvalue weighted by atomic mass is 9.81. The summed E-state index contributed by atoms with van der Waals surface area (Å²) in [6, 6.07) is 0. The first-order valence-corrected chi connectivity index (χ1v) is 4.11. The molecule has 12 heavy (non-hydrogen) atoms. The Bertz CT molecular complexity index is 173. The number of hydrogen-bond acceptors (Lipinski definition) is 2. The van der Waals surface area contributed by atoms with Crippen molar-refractivity contribution in [3.05, 3.63) is 0 Å². The summed E-state index contributed by atoms with van der Waals surface area (Å²) in [6.07, 6.45) is 1.81. The molecule has 0 aromatic rings. The first-order valence-electron chi connectivity index (χ1n) is 4.11. The van der Waals surface area contributed by atoms with Crippen LogP contribution in [0.2, 0.25) is 0 Å². The molecule has 0 aromatic heterocycles. The normalized spacial score (nSPS) is 13.9. The minimum absolute atomic E-state index is 0.0655. The van der Waals surface area contributed by atoms with Crippen LogP contribution in [0.1, 0.15) is 33.6 Å². The highest BCUT2D eigenvalue weighted by Gasteiger charge is 2.25. The second-order valence-corrected chi connectivity index (χ2v) is 3.80. The van der Waals surface area contributed by atoms with Gasteiger partial charge in [0.05, 0.1) is 0 Å². The number of carbonyl (C=O) groups is 2. The van der Waals surface area contributed by atoms with Crippen LogP contribution in [0, 0.1) is 11.3 Å². The Morgan fingerprint density at radius 1 is 1.58 bits per heavy atom. The molecule has 0 fully saturated rings. The van der Waals surface area contributed by atoms with Gasteiger partial charge in [0.25, 0.3) is 0 Å². The molecule has 1 unspecified atom stereocenters. The number of hydrogen-bond donors (Lipinski definition) is 1. The zero-order valence-electron chi connectivity index (χ0n) is 7.83. The van der Waals surface area contributed by atoms with Gasteiger partial charge in [-0.1, -0.05) is 27.2 Å². The summed E-state index contributed by atoms with van der Waals surface area (Å²) in [7, 11) is 0. The van der Waals surface area contributed by atoms with Gasteiger partial charge in [0, 0.05) is 0 Å². The third-order valence-corrected chi connectivity index (χ3v) is 2.21. The van der Waals surface area contributed by atoms with Crippen molar-refractivity contribution in [1.82, 2.24) is 0 Å². The Kier molecular flexibility index (Phi) is 3.93. The van der Waals surface area contributed by atoms with E-state index in [-0.39, 0.29) is 5.41 Å². The van der Waals surface area contributed by atoms with Crippen LogP contribution in [0.3, 0.4) is 0 Å². The summed E-state index contributed by atoms with van der Waals surface area (Å²) < 4.78 is 0. The summed E-state index contributed by atoms with van der Waals surface area (Å²) in [4.78, 5) is 20.9. The van der Waals surface area contributed by atoms with Crippen molar-refractivity contribution < 1.29 is 14.7 Å². The Labute approximate surface area is 72.8 Å². The van der Waals surface area contributed by atoms with E-state index < -0.39 is 11.9 Å². The van der Waals surface area contributed by atoms with Gasteiger partial charge in [-0.25, -0.2) is 0 Å². The maximum absolute atomic E-state index is 10.5. The molecule has 0 rings (SSSR count). The zero-order valence-corrected chi connectivity index (χ0v) is 7.83. The van der Waals surface area contributed by atoms with Crippen molar-refractivity contribution in [1.29, 1.82) is 0 Å². The summed E-state index contributed by atoms with van der Waals surface area (Å²) in [5.74, 6) is -1.87. The standard InChI is InChI=1S/C9H16O3/c1-4-9(2,3)5-7(6-10)8(11)12/h6-7H,4-5H2,1-3H3,(H,11,12). The Morgan fingerprint density at radius 3 is 2.33 bits per heavy atom. The van der Waals surface area contributed by atoms with E-state index in [1.165, 1.54) is 0 Å². The van der Waals surface area contributed by atoms with E-state index in [9.17, 15) is 9.59 Å². The van der Waals surface area contributed by atoms with E-state index >= 15 is 0 Å². The average Bonchev–Trinajstić information content (AvgIpc) is 2.00. The first-order chi connectivity index (χ1) is 5.43. The van der Waals surface area contributed by atoms with Crippen LogP contribution in [-0.2, 0) is 9.59 Å². The summed E-state index contributed by atoms with van der Waals surface area (Å²) in [5.41, 5.74) is -0.0655. The number of aldehydes is 1. The molecule has 0 aromatic carbocycles. The number of rotatable bonds is 5. The second kappa shape index (κ2) is 4.24. The number of carbonyl (C=O) groups excluding carboxylic acids is 1. The monoisotopic (exact) mass is 172 g/mol. The van der Waals surface area contributed by atoms with Gasteiger partial charge >= 0.3 is 5.97 Å². The van der Waals surface area contributed by atoms with Crippen LogP contribution < -0.4 is 0 Å². The summed E-state index contributed by atoms with van der Waals surface area (Å²) in [6.45, 7) is 5.92. The Morgan fingerprint density at radius 2 is 2.08 bits per heavy atom. The molecule has 0 amide bonds. The second-order valence-electron chi connectivity index (χ2n) is 3.80. The molecule has 3 heteroatoms. The van der Waals surface area contributed by atoms with Gasteiger partial charge in [0.1, 0.15) is 12.2 Å². The highest BCUT2D eigenvalue weighted by Crippen LogP contribution is 2.28. The number of carboxylic acid groups (broad SMARTS) is 1. The van der Waals surface area contributed by atoms with E-state index in [1.807, 2.05) is 20.8 Å². The fourth-order valence-electron chi connectivity index (χ4n) is 0.933. The summed E-state index contributed by atoms with van der Waals surface area (Å²) in [5, 5.41) is 8.60. The quantitative estimate of drug-likeness (QED) is 0.507. The van der Waals surface area contributed by atoms with E-state index in [0.717, 1.165) is 6.42 Å². The van der Waals surface area contributed by atoms with Crippen molar-refractivity contribution in [3.8, 4) is 0 Å². The maximum Gasteiger partial charge on any atom is 0.313 e. The average molecular weight is 172 g/mol. The molecule has 3 nitrogen and oxygen atoms in total. The smallest absolute Gasteiger partial charge is 0.313 e. The molecule has 0 aliphatic carbocycles. The minimum atomic E-state index is -1.02. The molecule has 0 saturated carbocycles. The predicted molar refractivity (Wildman–Crippen MR) is 45.9 cm³/mol. The molecule has 1 atom stereocenters. The lowest BCUT2D eigenvalue weighted by molar-refractivity contribution is -0.144. The SMILES string of the molecule is CCC(C)(C)CC(C=O)C(=O)O. The molecular weight excluding hydrogens is 156 g/mol. The molecule has 0 aliphatic heterocycles. The molecule has 0 bridgehead atoms. The molecule has 0 radical (unpaired) electrons. The van der Waals surface area contributed by atoms with Crippen molar-refractivity contribution >= 4 is 12.3 Å². The molecule has 0 heterocycles. The molecule has 1 N–H and O–H groups in total. The minimum Gasteiger partial charge on any atom is -0.481 e. The van der Waals surface area contributed by atoms with Crippen LogP contribution in [0.15, 0.2) is 0 Å². The van der Waals surface area contributed by atoms with Crippen LogP contribution in [0.25, 0.3) is 0 Å². The van der Waals surface area contributed by atoms with Crippen LogP contribution >= 0.6 is 0 Å². The first kappa shape index (κ1) is 11.1. The lowest BCUT2D eigenvalue weighted by Gasteiger charge is -2.23. The Balaban J connectivity index is 4.20. The van der Waals surface area contributed by atoms with Gasteiger partial charge in [-0.15, -0.1) is 0 Å². The topological polar surface area (TPSA) is 54.4 Å². The van der Waals surface area contributed by atoms with Crippen molar-refractivity contribution in [2.24, 2.45) is 11.3 Å². The van der Waals surface area contributed by atoms with Gasteiger partial charge in [-0.3, -0.25) is 4.79 Å². The lowest BCUT2D eigenvalue weighted by Crippen LogP contribution is -2.23. The zero-order chi connectivity index (χ0) is 9.78. The van der Waals surface area contributed by atoms with Crippen molar-refractivity contribution in [3.63, 3.8) is 0 Å². The third-order valence-electron chi connectivity index (χ3n) is 2.21. The molecular formula is C9H16O3. The Hall–Kier alpha value is -0.860. The van der Waals surface area contributed by atoms with E-state index in [4.69, 9.17) is 5.11 Å². The summed E-state index contributed by atoms with van der Waals surface area (Å²) >= 11 is 0. The third kappa shape index (κ3) is 3.51. The van der Waals surface area contributed by atoms with Crippen LogP contribution in [-0.4, -0.2) is 17.4 Å². The molecule has 70 valence electrons. The highest BCUT2D eigenvalue weighted by atomic mass is 16.4. The molecule has 0 spiro atoms. The predicted octanol–water partition coefficient (Wildman–Crippen LogP) is 1.71. The number of carboxylic acids is 1. The molecule has 0 aliphatic rings. The fraction of sp³-hybridized carbons (Fsp3) is 0.778. The van der Waals surface area contributed by atoms with E-state index in [1.54, 1.807) is 0 Å². The van der Waals surface area contributed by atoms with E-state index in [0.29, 0.717) is 12.7 Å². The van der Waals surface area contributed by atoms with Gasteiger partial charge < -0.3 is 9.90 Å². The van der Waals surface area contributed by atoms with Crippen LogP contribution in [0.5, 0.6) is 0 Å². The van der Waals surface area contributed by atoms with Crippen molar-refractivity contribution in [2.75, 3.05) is 0 Å². The van der Waals surface area contributed by atoms with Gasteiger partial charge in [-0.2, -0.15) is 0 Å². The van der Waals surface area contributed by atoms with Gasteiger partial charge in [-0.05, 0) is 11.8 Å².